The van der Waals surface area contributed by atoms with E-state index < -0.39 is 0 Å². The minimum atomic E-state index is -0.0240. The number of hydrogen-bond donors (Lipinski definition) is 0. The average Bonchev–Trinajstić information content (AvgIpc) is 2.81. The molecule has 0 radical (unpaired) electrons. The minimum Gasteiger partial charge on any atom is -0.296 e. The van der Waals surface area contributed by atoms with Gasteiger partial charge in [0, 0.05) is 12.1 Å². The molecule has 3 rings (SSSR count). The van der Waals surface area contributed by atoms with Crippen LogP contribution in [0.1, 0.15) is 47.6 Å². The van der Waals surface area contributed by atoms with Crippen molar-refractivity contribution in [2.75, 3.05) is 0 Å². The first-order chi connectivity index (χ1) is 9.91. The standard InChI is InChI=1S/C17H17N3O/c1-11-6-13(5-4-12(11)9-18)20-10-19-14-7-17(2,3)8-15(21)16(14)20/h4-6,10H,7-8H2,1-3H3. The van der Waals surface area contributed by atoms with E-state index in [2.05, 4.69) is 24.9 Å². The smallest absolute Gasteiger partial charge is 0.182 e. The molecule has 4 heteroatoms. The summed E-state index contributed by atoms with van der Waals surface area (Å²) in [6.45, 7) is 6.09. The molecule has 0 saturated heterocycles. The SMILES string of the molecule is Cc1cc(-n2cnc3c2C(=O)CC(C)(C)C3)ccc1C#N. The van der Waals surface area contributed by atoms with Gasteiger partial charge in [-0.05, 0) is 42.5 Å². The largest absolute Gasteiger partial charge is 0.296 e. The van der Waals surface area contributed by atoms with Crippen molar-refractivity contribution in [3.63, 3.8) is 0 Å². The molecule has 0 aliphatic heterocycles. The minimum absolute atomic E-state index is 0.0240. The monoisotopic (exact) mass is 279 g/mol. The number of ketones is 1. The molecule has 1 aromatic heterocycles. The summed E-state index contributed by atoms with van der Waals surface area (Å²) in [6.07, 6.45) is 3.07. The number of rotatable bonds is 1. The fraction of sp³-hybridized carbons (Fsp3) is 0.353. The Morgan fingerprint density at radius 2 is 2.10 bits per heavy atom. The van der Waals surface area contributed by atoms with Crippen LogP contribution in [0.25, 0.3) is 5.69 Å². The molecule has 0 bridgehead atoms. The number of aryl methyl sites for hydroxylation is 1. The number of carbonyl (C=O) groups excluding carboxylic acids is 1. The van der Waals surface area contributed by atoms with Gasteiger partial charge in [-0.3, -0.25) is 9.36 Å². The lowest BCUT2D eigenvalue weighted by molar-refractivity contribution is 0.0904. The first-order valence-corrected chi connectivity index (χ1v) is 7.02. The summed E-state index contributed by atoms with van der Waals surface area (Å²) in [5.74, 6) is 0.140. The number of imidazole rings is 1. The van der Waals surface area contributed by atoms with Crippen molar-refractivity contribution in [2.24, 2.45) is 5.41 Å². The van der Waals surface area contributed by atoms with Crippen molar-refractivity contribution in [1.29, 1.82) is 5.26 Å². The summed E-state index contributed by atoms with van der Waals surface area (Å²) >= 11 is 0. The van der Waals surface area contributed by atoms with Crippen LogP contribution < -0.4 is 0 Å². The van der Waals surface area contributed by atoms with E-state index in [9.17, 15) is 4.79 Å². The second-order valence-corrected chi connectivity index (χ2v) is 6.46. The van der Waals surface area contributed by atoms with Gasteiger partial charge in [0.25, 0.3) is 0 Å². The molecule has 1 heterocycles. The van der Waals surface area contributed by atoms with Gasteiger partial charge >= 0.3 is 0 Å². The fourth-order valence-corrected chi connectivity index (χ4v) is 2.96. The van der Waals surface area contributed by atoms with Crippen LogP contribution in [0.4, 0.5) is 0 Å². The fourth-order valence-electron chi connectivity index (χ4n) is 2.96. The van der Waals surface area contributed by atoms with Gasteiger partial charge in [-0.2, -0.15) is 5.26 Å². The molecule has 0 atom stereocenters. The van der Waals surface area contributed by atoms with Crippen molar-refractivity contribution in [1.82, 2.24) is 9.55 Å². The topological polar surface area (TPSA) is 58.7 Å². The van der Waals surface area contributed by atoms with Gasteiger partial charge in [-0.15, -0.1) is 0 Å². The third-order valence-electron chi connectivity index (χ3n) is 4.00. The van der Waals surface area contributed by atoms with Gasteiger partial charge in [-0.1, -0.05) is 13.8 Å². The molecule has 0 unspecified atom stereocenters. The number of benzene rings is 1. The van der Waals surface area contributed by atoms with Gasteiger partial charge < -0.3 is 0 Å². The Kier molecular flexibility index (Phi) is 2.94. The van der Waals surface area contributed by atoms with E-state index in [0.29, 0.717) is 17.7 Å². The Labute approximate surface area is 124 Å². The highest BCUT2D eigenvalue weighted by molar-refractivity contribution is 5.97. The number of nitriles is 1. The Hall–Kier alpha value is -2.41. The maximum absolute atomic E-state index is 12.5. The lowest BCUT2D eigenvalue weighted by atomic mass is 9.77. The zero-order valence-electron chi connectivity index (χ0n) is 12.5. The molecule has 21 heavy (non-hydrogen) atoms. The van der Waals surface area contributed by atoms with Crippen LogP contribution >= 0.6 is 0 Å². The van der Waals surface area contributed by atoms with Crippen LogP contribution in [0.5, 0.6) is 0 Å². The van der Waals surface area contributed by atoms with Crippen LogP contribution in [-0.4, -0.2) is 15.3 Å². The Balaban J connectivity index is 2.11. The van der Waals surface area contributed by atoms with Crippen LogP contribution in [-0.2, 0) is 6.42 Å². The van der Waals surface area contributed by atoms with E-state index in [-0.39, 0.29) is 11.2 Å². The zero-order valence-corrected chi connectivity index (χ0v) is 12.5. The third-order valence-corrected chi connectivity index (χ3v) is 4.00. The molecule has 1 aromatic carbocycles. The van der Waals surface area contributed by atoms with Crippen LogP contribution in [0.2, 0.25) is 0 Å². The molecule has 106 valence electrons. The highest BCUT2D eigenvalue weighted by Gasteiger charge is 2.34. The molecule has 0 amide bonds. The second kappa shape index (κ2) is 4.56. The zero-order chi connectivity index (χ0) is 15.2. The van der Waals surface area contributed by atoms with E-state index in [4.69, 9.17) is 5.26 Å². The Bertz CT molecular complexity index is 778. The summed E-state index contributed by atoms with van der Waals surface area (Å²) < 4.78 is 1.85. The summed E-state index contributed by atoms with van der Waals surface area (Å²) in [5.41, 5.74) is 3.98. The van der Waals surface area contributed by atoms with Gasteiger partial charge in [0.2, 0.25) is 0 Å². The highest BCUT2D eigenvalue weighted by Crippen LogP contribution is 2.35. The average molecular weight is 279 g/mol. The predicted molar refractivity (Wildman–Crippen MR) is 79.4 cm³/mol. The molecule has 4 nitrogen and oxygen atoms in total. The van der Waals surface area contributed by atoms with Crippen molar-refractivity contribution in [3.05, 3.63) is 47.0 Å². The Morgan fingerprint density at radius 3 is 2.76 bits per heavy atom. The lowest BCUT2D eigenvalue weighted by Crippen LogP contribution is -2.28. The molecule has 0 fully saturated rings. The van der Waals surface area contributed by atoms with E-state index >= 15 is 0 Å². The van der Waals surface area contributed by atoms with Crippen LogP contribution in [0.3, 0.4) is 0 Å². The molecule has 0 saturated carbocycles. The lowest BCUT2D eigenvalue weighted by Gasteiger charge is -2.28. The molecular formula is C17H17N3O. The molecule has 2 aromatic rings. The maximum atomic E-state index is 12.5. The van der Waals surface area contributed by atoms with Crippen molar-refractivity contribution in [3.8, 4) is 11.8 Å². The van der Waals surface area contributed by atoms with E-state index in [1.165, 1.54) is 0 Å². The maximum Gasteiger partial charge on any atom is 0.182 e. The van der Waals surface area contributed by atoms with E-state index in [1.54, 1.807) is 12.4 Å². The van der Waals surface area contributed by atoms with Crippen LogP contribution in [0.15, 0.2) is 24.5 Å². The molecule has 0 spiro atoms. The van der Waals surface area contributed by atoms with E-state index in [1.807, 2.05) is 23.6 Å². The Morgan fingerprint density at radius 1 is 1.33 bits per heavy atom. The predicted octanol–water partition coefficient (Wildman–Crippen LogP) is 3.21. The van der Waals surface area contributed by atoms with Crippen molar-refractivity contribution < 1.29 is 4.79 Å². The number of carbonyl (C=O) groups is 1. The van der Waals surface area contributed by atoms with Gasteiger partial charge in [0.15, 0.2) is 5.78 Å². The molecule has 0 N–H and O–H groups in total. The first-order valence-electron chi connectivity index (χ1n) is 7.02. The summed E-state index contributed by atoms with van der Waals surface area (Å²) in [7, 11) is 0. The van der Waals surface area contributed by atoms with Crippen molar-refractivity contribution in [2.45, 2.75) is 33.6 Å². The quantitative estimate of drug-likeness (QED) is 0.805. The molecule has 1 aliphatic rings. The third kappa shape index (κ3) is 2.25. The second-order valence-electron chi connectivity index (χ2n) is 6.46. The molecular weight excluding hydrogens is 262 g/mol. The number of Topliss-reactive ketones (excluding diaryl/α,β-unsaturated/α-hetero) is 1. The van der Waals surface area contributed by atoms with Gasteiger partial charge in [0.1, 0.15) is 12.0 Å². The van der Waals surface area contributed by atoms with Crippen molar-refractivity contribution >= 4 is 5.78 Å². The number of nitrogens with zero attached hydrogens (tertiary/aromatic N) is 3. The summed E-state index contributed by atoms with van der Waals surface area (Å²) in [5, 5.41) is 9.01. The van der Waals surface area contributed by atoms with Gasteiger partial charge in [-0.25, -0.2) is 4.98 Å². The van der Waals surface area contributed by atoms with Gasteiger partial charge in [0.05, 0.1) is 17.3 Å². The van der Waals surface area contributed by atoms with Crippen LogP contribution in [0, 0.1) is 23.7 Å². The number of aromatic nitrogens is 2. The first kappa shape index (κ1) is 13.6. The number of fused-ring (bicyclic) bond motifs is 1. The molecule has 1 aliphatic carbocycles. The summed E-state index contributed by atoms with van der Waals surface area (Å²) in [4.78, 5) is 16.9. The van der Waals surface area contributed by atoms with E-state index in [0.717, 1.165) is 23.4 Å². The highest BCUT2D eigenvalue weighted by atomic mass is 16.1. The normalized spacial score (nSPS) is 16.4. The number of hydrogen-bond acceptors (Lipinski definition) is 3. The summed E-state index contributed by atoms with van der Waals surface area (Å²) in [6, 6.07) is 7.73.